The molecule has 3 aromatic rings. The number of anilines is 1. The maximum atomic E-state index is 11.3. The molecule has 0 fully saturated rings. The van der Waals surface area contributed by atoms with Crippen LogP contribution in [-0.2, 0) is 5.75 Å². The van der Waals surface area contributed by atoms with Crippen molar-refractivity contribution in [1.29, 1.82) is 0 Å². The molecule has 0 unspecified atom stereocenters. The Hall–Kier alpha value is -3.05. The number of rotatable bonds is 5. The van der Waals surface area contributed by atoms with Gasteiger partial charge in [-0.25, -0.2) is 0 Å². The van der Waals surface area contributed by atoms with Crippen molar-refractivity contribution >= 4 is 23.1 Å². The van der Waals surface area contributed by atoms with Crippen molar-refractivity contribution in [3.8, 4) is 0 Å². The molecule has 3 atom stereocenters. The molecule has 1 N–H and O–H groups in total. The van der Waals surface area contributed by atoms with Gasteiger partial charge in [0.1, 0.15) is 0 Å². The number of hydrogen-bond donors (Lipinski definition) is 1. The van der Waals surface area contributed by atoms with Crippen LogP contribution in [0.2, 0.25) is 0 Å². The van der Waals surface area contributed by atoms with Crippen molar-refractivity contribution in [3.05, 3.63) is 111 Å². The van der Waals surface area contributed by atoms with E-state index in [1.165, 1.54) is 27.3 Å². The third-order valence-electron chi connectivity index (χ3n) is 6.31. The predicted octanol–water partition coefficient (Wildman–Crippen LogP) is 7.02. The molecule has 0 spiro atoms. The highest BCUT2D eigenvalue weighted by atomic mass is 32.2. The molecule has 0 saturated carbocycles. The third-order valence-corrected chi connectivity index (χ3v) is 7.40. The Balaban J connectivity index is 1.47. The zero-order valence-electron chi connectivity index (χ0n) is 17.3. The van der Waals surface area contributed by atoms with Gasteiger partial charge in [-0.15, -0.1) is 11.8 Å². The largest absolute Gasteiger partial charge is 0.377 e. The number of nitrogens with one attached hydrogen (secondary N) is 1. The minimum absolute atomic E-state index is 0.0654. The van der Waals surface area contributed by atoms with Crippen molar-refractivity contribution in [2.24, 2.45) is 5.92 Å². The second-order valence-corrected chi connectivity index (χ2v) is 9.36. The second-order valence-electron chi connectivity index (χ2n) is 8.31. The van der Waals surface area contributed by atoms with E-state index >= 15 is 0 Å². The van der Waals surface area contributed by atoms with Crippen molar-refractivity contribution in [1.82, 2.24) is 0 Å². The lowest BCUT2D eigenvalue weighted by atomic mass is 9.76. The van der Waals surface area contributed by atoms with E-state index in [1.807, 2.05) is 23.9 Å². The smallest absolute Gasteiger partial charge is 0.269 e. The number of allylic oxidation sites excluding steroid dienone is 2. The maximum absolute atomic E-state index is 11.3. The Labute approximate surface area is 186 Å². The van der Waals surface area contributed by atoms with Gasteiger partial charge in [-0.05, 0) is 53.6 Å². The molecule has 0 bridgehead atoms. The van der Waals surface area contributed by atoms with Crippen molar-refractivity contribution in [2.45, 2.75) is 36.0 Å². The van der Waals surface area contributed by atoms with Crippen LogP contribution in [0.5, 0.6) is 0 Å². The first-order chi connectivity index (χ1) is 15.1. The lowest BCUT2D eigenvalue weighted by Crippen LogP contribution is -2.29. The van der Waals surface area contributed by atoms with E-state index in [9.17, 15) is 10.1 Å². The number of non-ortho nitro benzene ring substituents is 1. The Morgan fingerprint density at radius 3 is 2.74 bits per heavy atom. The van der Waals surface area contributed by atoms with E-state index in [0.29, 0.717) is 11.8 Å². The van der Waals surface area contributed by atoms with E-state index in [1.54, 1.807) is 18.2 Å². The molecule has 1 heterocycles. The lowest BCUT2D eigenvalue weighted by Gasteiger charge is -2.38. The molecular weight excluding hydrogens is 404 g/mol. The Kier molecular flexibility index (Phi) is 5.28. The summed E-state index contributed by atoms with van der Waals surface area (Å²) < 4.78 is 0. The Morgan fingerprint density at radius 2 is 1.94 bits per heavy atom. The van der Waals surface area contributed by atoms with Gasteiger partial charge in [0.25, 0.3) is 5.69 Å². The minimum Gasteiger partial charge on any atom is -0.377 e. The van der Waals surface area contributed by atoms with Gasteiger partial charge < -0.3 is 5.32 Å². The Bertz CT molecular complexity index is 1160. The van der Waals surface area contributed by atoms with E-state index in [0.717, 1.165) is 17.7 Å². The third kappa shape index (κ3) is 3.86. The van der Waals surface area contributed by atoms with Gasteiger partial charge in [-0.1, -0.05) is 54.6 Å². The fraction of sp³-hybridized carbons (Fsp3) is 0.231. The average Bonchev–Trinajstić information content (AvgIpc) is 3.28. The van der Waals surface area contributed by atoms with Crippen molar-refractivity contribution in [2.75, 3.05) is 5.32 Å². The van der Waals surface area contributed by atoms with Crippen LogP contribution in [0.4, 0.5) is 11.4 Å². The average molecular weight is 429 g/mol. The monoisotopic (exact) mass is 428 g/mol. The Morgan fingerprint density at radius 1 is 1.10 bits per heavy atom. The van der Waals surface area contributed by atoms with Crippen LogP contribution in [0.25, 0.3) is 0 Å². The number of thioether (sulfide) groups is 1. The lowest BCUT2D eigenvalue weighted by molar-refractivity contribution is -0.384. The van der Waals surface area contributed by atoms with Gasteiger partial charge in [0.2, 0.25) is 0 Å². The fourth-order valence-corrected chi connectivity index (χ4v) is 5.74. The summed E-state index contributed by atoms with van der Waals surface area (Å²) >= 11 is 1.86. The zero-order chi connectivity index (χ0) is 21.4. The molecule has 5 rings (SSSR count). The summed E-state index contributed by atoms with van der Waals surface area (Å²) in [6.45, 7) is 2.16. The highest BCUT2D eigenvalue weighted by Crippen LogP contribution is 2.51. The molecule has 5 heteroatoms. The maximum Gasteiger partial charge on any atom is 0.269 e. The summed E-state index contributed by atoms with van der Waals surface area (Å²) in [5, 5.41) is 15.0. The first kappa shape index (κ1) is 19.9. The zero-order valence-corrected chi connectivity index (χ0v) is 18.1. The van der Waals surface area contributed by atoms with Crippen LogP contribution in [0.15, 0.2) is 83.8 Å². The van der Waals surface area contributed by atoms with Gasteiger partial charge in [0.05, 0.1) is 11.0 Å². The van der Waals surface area contributed by atoms with Crippen molar-refractivity contribution in [3.63, 3.8) is 0 Å². The number of nitro benzene ring substituents is 1. The predicted molar refractivity (Wildman–Crippen MR) is 127 cm³/mol. The van der Waals surface area contributed by atoms with E-state index in [4.69, 9.17) is 0 Å². The quantitative estimate of drug-likeness (QED) is 0.205. The number of nitro groups is 1. The summed E-state index contributed by atoms with van der Waals surface area (Å²) in [7, 11) is 0. The molecule has 4 nitrogen and oxygen atoms in total. The highest BCUT2D eigenvalue weighted by Gasteiger charge is 2.38. The molecule has 0 saturated heterocycles. The molecule has 0 radical (unpaired) electrons. The van der Waals surface area contributed by atoms with E-state index < -0.39 is 0 Å². The van der Waals surface area contributed by atoms with Crippen molar-refractivity contribution < 1.29 is 4.92 Å². The van der Waals surface area contributed by atoms with Crippen LogP contribution >= 0.6 is 11.8 Å². The molecule has 0 amide bonds. The molecule has 156 valence electrons. The van der Waals surface area contributed by atoms with Gasteiger partial charge in [-0.2, -0.15) is 0 Å². The number of nitrogens with zero attached hydrogens (tertiary/aromatic N) is 1. The van der Waals surface area contributed by atoms with E-state index in [2.05, 4.69) is 60.8 Å². The summed E-state index contributed by atoms with van der Waals surface area (Å²) in [6, 6.07) is 22.3. The van der Waals surface area contributed by atoms with Crippen LogP contribution in [0, 0.1) is 23.0 Å². The number of fused-ring (bicyclic) bond motifs is 3. The molecular formula is C26H24N2O2S. The molecule has 0 aromatic heterocycles. The standard InChI is InChI=1S/C26H24N2O2S/c1-17-13-18(16-31-21-9-3-2-4-10-21)14-24-22-11-6-12-23(22)26(27-25(17)24)19-7-5-8-20(15-19)28(29)30/h2-11,13-15,22-23,26-27H,12,16H2,1H3/t22-,23+,26-/m1/s1. The molecule has 1 aliphatic carbocycles. The molecule has 2 aliphatic rings. The summed E-state index contributed by atoms with van der Waals surface area (Å²) in [4.78, 5) is 12.3. The molecule has 3 aromatic carbocycles. The normalized spacial score (nSPS) is 21.3. The van der Waals surface area contributed by atoms with Gasteiger partial charge in [0.15, 0.2) is 0 Å². The van der Waals surface area contributed by atoms with Gasteiger partial charge in [0, 0.05) is 34.4 Å². The topological polar surface area (TPSA) is 55.2 Å². The van der Waals surface area contributed by atoms with Crippen LogP contribution in [0.3, 0.4) is 0 Å². The molecule has 1 aliphatic heterocycles. The number of aryl methyl sites for hydroxylation is 1. The first-order valence-corrected chi connectivity index (χ1v) is 11.6. The summed E-state index contributed by atoms with van der Waals surface area (Å²) in [5.41, 5.74) is 6.23. The van der Waals surface area contributed by atoms with Crippen LogP contribution < -0.4 is 5.32 Å². The summed E-state index contributed by atoms with van der Waals surface area (Å²) in [6.07, 6.45) is 5.56. The minimum atomic E-state index is -0.313. The van der Waals surface area contributed by atoms with Gasteiger partial charge in [-0.3, -0.25) is 10.1 Å². The SMILES string of the molecule is Cc1cc(CSc2ccccc2)cc2c1N[C@H](c1cccc([N+](=O)[O-])c1)[C@H]1CC=C[C@@H]21. The first-order valence-electron chi connectivity index (χ1n) is 10.6. The number of benzene rings is 3. The van der Waals surface area contributed by atoms with Crippen LogP contribution in [0.1, 0.15) is 40.6 Å². The highest BCUT2D eigenvalue weighted by molar-refractivity contribution is 7.98. The number of hydrogen-bond acceptors (Lipinski definition) is 4. The molecule has 31 heavy (non-hydrogen) atoms. The fourth-order valence-electron chi connectivity index (χ4n) is 4.89. The van der Waals surface area contributed by atoms with Gasteiger partial charge >= 0.3 is 0 Å². The van der Waals surface area contributed by atoms with E-state index in [-0.39, 0.29) is 16.7 Å². The van der Waals surface area contributed by atoms with Crippen LogP contribution in [-0.4, -0.2) is 4.92 Å². The summed E-state index contributed by atoms with van der Waals surface area (Å²) in [5.74, 6) is 1.64. The second kappa shape index (κ2) is 8.23.